The molecule has 3 aromatic rings. The van der Waals surface area contributed by atoms with Gasteiger partial charge in [-0.3, -0.25) is 0 Å². The van der Waals surface area contributed by atoms with E-state index in [9.17, 15) is 19.8 Å². The van der Waals surface area contributed by atoms with Crippen LogP contribution in [0.5, 0.6) is 0 Å². The van der Waals surface area contributed by atoms with Crippen LogP contribution in [0, 0.1) is 0 Å². The summed E-state index contributed by atoms with van der Waals surface area (Å²) < 4.78 is 0. The minimum absolute atomic E-state index is 0.0586. The molecule has 0 aromatic heterocycles. The van der Waals surface area contributed by atoms with Gasteiger partial charge in [-0.05, 0) is 78.0 Å². The molecule has 0 bridgehead atoms. The average Bonchev–Trinajstić information content (AvgIpc) is 3.01. The van der Waals surface area contributed by atoms with Gasteiger partial charge in [-0.1, -0.05) is 145 Å². The molecule has 0 spiro atoms. The zero-order valence-corrected chi connectivity index (χ0v) is 27.2. The van der Waals surface area contributed by atoms with Crippen LogP contribution in [0.15, 0.2) is 60.7 Å². The highest BCUT2D eigenvalue weighted by molar-refractivity contribution is 5.96. The van der Waals surface area contributed by atoms with Gasteiger partial charge in [-0.15, -0.1) is 0 Å². The predicted molar refractivity (Wildman–Crippen MR) is 182 cm³/mol. The molecule has 0 amide bonds. The molecular weight excluding hydrogens is 544 g/mol. The molecule has 0 saturated carbocycles. The van der Waals surface area contributed by atoms with Crippen molar-refractivity contribution in [3.63, 3.8) is 0 Å². The van der Waals surface area contributed by atoms with E-state index in [4.69, 9.17) is 0 Å². The third-order valence-corrected chi connectivity index (χ3v) is 8.76. The third-order valence-electron chi connectivity index (χ3n) is 8.76. The van der Waals surface area contributed by atoms with Gasteiger partial charge in [0.25, 0.3) is 0 Å². The smallest absolute Gasteiger partial charge is 0.336 e. The molecule has 44 heavy (non-hydrogen) atoms. The highest BCUT2D eigenvalue weighted by atomic mass is 16.4. The standard InChI is InChI=1S/C40H54O4/c1-3-5-7-9-11-13-15-17-31-19-23-33(24-20-31)27-35-29-36(38(40(43)44)30-37(35)39(41)42)28-34-25-21-32(22-26-34)18-16-14-12-10-8-6-4-2/h19-26,29-30H,3-18,27-28H2,1-2H3,(H,41,42)(H,43,44). The second-order valence-electron chi connectivity index (χ2n) is 12.5. The normalized spacial score (nSPS) is 11.1. The van der Waals surface area contributed by atoms with Gasteiger partial charge in [0.2, 0.25) is 0 Å². The van der Waals surface area contributed by atoms with E-state index >= 15 is 0 Å². The molecule has 0 saturated heterocycles. The molecule has 3 aromatic carbocycles. The first-order valence-electron chi connectivity index (χ1n) is 17.2. The maximum Gasteiger partial charge on any atom is 0.336 e. The van der Waals surface area contributed by atoms with Crippen LogP contribution in [0.3, 0.4) is 0 Å². The van der Waals surface area contributed by atoms with Crippen molar-refractivity contribution in [1.82, 2.24) is 0 Å². The van der Waals surface area contributed by atoms with Gasteiger partial charge >= 0.3 is 11.9 Å². The number of rotatable bonds is 22. The van der Waals surface area contributed by atoms with Crippen molar-refractivity contribution < 1.29 is 19.8 Å². The topological polar surface area (TPSA) is 74.6 Å². The van der Waals surface area contributed by atoms with Crippen LogP contribution < -0.4 is 0 Å². The van der Waals surface area contributed by atoms with E-state index in [1.54, 1.807) is 6.07 Å². The number of carboxylic acids is 2. The SMILES string of the molecule is CCCCCCCCCc1ccc(Cc2cc(Cc3ccc(CCCCCCCCC)cc3)c(C(=O)O)cc2C(=O)O)cc1. The van der Waals surface area contributed by atoms with Gasteiger partial charge in [-0.2, -0.15) is 0 Å². The molecule has 238 valence electrons. The molecule has 0 fully saturated rings. The van der Waals surface area contributed by atoms with Crippen LogP contribution in [0.25, 0.3) is 0 Å². The summed E-state index contributed by atoms with van der Waals surface area (Å²) in [6.07, 6.45) is 21.0. The number of benzene rings is 3. The Morgan fingerprint density at radius 3 is 1.11 bits per heavy atom. The van der Waals surface area contributed by atoms with Crippen molar-refractivity contribution >= 4 is 11.9 Å². The summed E-state index contributed by atoms with van der Waals surface area (Å²) in [4.78, 5) is 24.3. The first kappa shape index (κ1) is 35.1. The van der Waals surface area contributed by atoms with Crippen LogP contribution in [-0.4, -0.2) is 22.2 Å². The number of carbonyl (C=O) groups is 2. The lowest BCUT2D eigenvalue weighted by Crippen LogP contribution is -2.11. The molecular formula is C40H54O4. The Morgan fingerprint density at radius 2 is 0.773 bits per heavy atom. The summed E-state index contributed by atoms with van der Waals surface area (Å²) in [5, 5.41) is 19.9. The molecule has 4 nitrogen and oxygen atoms in total. The molecule has 0 aliphatic heterocycles. The lowest BCUT2D eigenvalue weighted by atomic mass is 9.90. The van der Waals surface area contributed by atoms with Crippen LogP contribution >= 0.6 is 0 Å². The Bertz CT molecular complexity index is 1180. The van der Waals surface area contributed by atoms with Gasteiger partial charge in [-0.25, -0.2) is 9.59 Å². The minimum atomic E-state index is -1.10. The summed E-state index contributed by atoms with van der Waals surface area (Å²) in [7, 11) is 0. The van der Waals surface area contributed by atoms with Crippen molar-refractivity contribution in [2.24, 2.45) is 0 Å². The molecule has 0 aliphatic rings. The first-order chi connectivity index (χ1) is 21.4. The number of hydrogen-bond acceptors (Lipinski definition) is 2. The van der Waals surface area contributed by atoms with Crippen LogP contribution in [0.4, 0.5) is 0 Å². The molecule has 4 heteroatoms. The van der Waals surface area contributed by atoms with Crippen LogP contribution in [-0.2, 0) is 25.7 Å². The quantitative estimate of drug-likeness (QED) is 0.113. The monoisotopic (exact) mass is 598 g/mol. The molecule has 0 atom stereocenters. The summed E-state index contributed by atoms with van der Waals surface area (Å²) in [6.45, 7) is 4.49. The largest absolute Gasteiger partial charge is 0.478 e. The number of unbranched alkanes of at least 4 members (excludes halogenated alkanes) is 12. The third kappa shape index (κ3) is 12.3. The fourth-order valence-corrected chi connectivity index (χ4v) is 6.05. The van der Waals surface area contributed by atoms with Gasteiger partial charge in [0.05, 0.1) is 11.1 Å². The fourth-order valence-electron chi connectivity index (χ4n) is 6.05. The minimum Gasteiger partial charge on any atom is -0.478 e. The highest BCUT2D eigenvalue weighted by Crippen LogP contribution is 2.24. The van der Waals surface area contributed by atoms with E-state index in [2.05, 4.69) is 62.4 Å². The first-order valence-corrected chi connectivity index (χ1v) is 17.2. The second kappa shape index (κ2) is 19.8. The Kier molecular flexibility index (Phi) is 15.8. The molecule has 3 rings (SSSR count). The van der Waals surface area contributed by atoms with Crippen molar-refractivity contribution in [2.45, 2.75) is 129 Å². The number of aromatic carboxylic acids is 2. The Balaban J connectivity index is 1.64. The van der Waals surface area contributed by atoms with E-state index < -0.39 is 11.9 Å². The number of carboxylic acid groups (broad SMARTS) is 2. The predicted octanol–water partition coefficient (Wildman–Crippen LogP) is 10.9. The van der Waals surface area contributed by atoms with Gasteiger partial charge < -0.3 is 10.2 Å². The van der Waals surface area contributed by atoms with Crippen molar-refractivity contribution in [1.29, 1.82) is 0 Å². The average molecular weight is 599 g/mol. The lowest BCUT2D eigenvalue weighted by molar-refractivity contribution is 0.0695. The van der Waals surface area contributed by atoms with Gasteiger partial charge in [0.15, 0.2) is 0 Å². The summed E-state index contributed by atoms with van der Waals surface area (Å²) >= 11 is 0. The van der Waals surface area contributed by atoms with E-state index in [0.29, 0.717) is 24.0 Å². The number of aryl methyl sites for hydroxylation is 2. The molecule has 0 aliphatic carbocycles. The molecule has 0 unspecified atom stereocenters. The Hall–Kier alpha value is -3.40. The number of hydrogen-bond donors (Lipinski definition) is 2. The Morgan fingerprint density at radius 1 is 0.455 bits per heavy atom. The zero-order chi connectivity index (χ0) is 31.6. The second-order valence-corrected chi connectivity index (χ2v) is 12.5. The van der Waals surface area contributed by atoms with E-state index in [0.717, 1.165) is 24.0 Å². The van der Waals surface area contributed by atoms with Crippen LogP contribution in [0.2, 0.25) is 0 Å². The summed E-state index contributed by atoms with van der Waals surface area (Å²) in [6, 6.07) is 20.0. The molecule has 0 radical (unpaired) electrons. The van der Waals surface area contributed by atoms with Crippen molar-refractivity contribution in [2.75, 3.05) is 0 Å². The summed E-state index contributed by atoms with van der Waals surface area (Å²) in [5.74, 6) is -2.20. The highest BCUT2D eigenvalue weighted by Gasteiger charge is 2.19. The van der Waals surface area contributed by atoms with Gasteiger partial charge in [0, 0.05) is 0 Å². The van der Waals surface area contributed by atoms with Crippen molar-refractivity contribution in [3.8, 4) is 0 Å². The molecule has 0 heterocycles. The summed E-state index contributed by atoms with van der Waals surface area (Å²) in [5.41, 5.74) is 6.07. The van der Waals surface area contributed by atoms with E-state index in [1.165, 1.54) is 107 Å². The maximum atomic E-state index is 12.2. The van der Waals surface area contributed by atoms with E-state index in [-0.39, 0.29) is 11.1 Å². The lowest BCUT2D eigenvalue weighted by Gasteiger charge is -2.14. The Labute approximate surface area is 265 Å². The van der Waals surface area contributed by atoms with Crippen LogP contribution in [0.1, 0.15) is 158 Å². The zero-order valence-electron chi connectivity index (χ0n) is 27.2. The molecule has 2 N–H and O–H groups in total. The fraction of sp³-hybridized carbons (Fsp3) is 0.500. The van der Waals surface area contributed by atoms with Gasteiger partial charge in [0.1, 0.15) is 0 Å². The maximum absolute atomic E-state index is 12.2. The van der Waals surface area contributed by atoms with E-state index in [1.807, 2.05) is 0 Å². The van der Waals surface area contributed by atoms with Crippen molar-refractivity contribution in [3.05, 3.63) is 105 Å².